The summed E-state index contributed by atoms with van der Waals surface area (Å²) < 4.78 is 6.56. The average molecular weight is 267 g/mol. The van der Waals surface area contributed by atoms with Gasteiger partial charge in [-0.2, -0.15) is 0 Å². The molecule has 1 aromatic carbocycles. The summed E-state index contributed by atoms with van der Waals surface area (Å²) in [5, 5.41) is 0. The van der Waals surface area contributed by atoms with Crippen LogP contribution in [-0.2, 0) is 0 Å². The smallest absolute Gasteiger partial charge is 0.211 e. The van der Waals surface area contributed by atoms with Crippen molar-refractivity contribution in [3.05, 3.63) is 40.8 Å². The van der Waals surface area contributed by atoms with E-state index >= 15 is 0 Å². The Bertz CT molecular complexity index is 448. The van der Waals surface area contributed by atoms with E-state index in [1.807, 2.05) is 31.2 Å². The SMILES string of the molecule is CC(N)c1ncc(-c2ccc(Br)cc2)o1. The Kier molecular flexibility index (Phi) is 2.88. The molecule has 0 amide bonds. The van der Waals surface area contributed by atoms with Crippen LogP contribution in [0, 0.1) is 0 Å². The molecule has 1 atom stereocenters. The molecule has 0 fully saturated rings. The second kappa shape index (κ2) is 4.16. The molecule has 2 rings (SSSR count). The number of nitrogens with zero attached hydrogens (tertiary/aromatic N) is 1. The Morgan fingerprint density at radius 1 is 1.33 bits per heavy atom. The Morgan fingerprint density at radius 2 is 2.00 bits per heavy atom. The molecule has 0 aliphatic carbocycles. The molecule has 2 N–H and O–H groups in total. The number of hydrogen-bond donors (Lipinski definition) is 1. The highest BCUT2D eigenvalue weighted by Gasteiger charge is 2.09. The maximum Gasteiger partial charge on any atom is 0.211 e. The Hall–Kier alpha value is -1.13. The number of oxazole rings is 1. The summed E-state index contributed by atoms with van der Waals surface area (Å²) in [5.41, 5.74) is 6.66. The summed E-state index contributed by atoms with van der Waals surface area (Å²) in [6.45, 7) is 1.84. The fourth-order valence-electron chi connectivity index (χ4n) is 1.25. The lowest BCUT2D eigenvalue weighted by atomic mass is 10.2. The quantitative estimate of drug-likeness (QED) is 0.909. The molecule has 78 valence electrons. The molecular weight excluding hydrogens is 256 g/mol. The molecule has 1 unspecified atom stereocenters. The van der Waals surface area contributed by atoms with Crippen molar-refractivity contribution in [3.63, 3.8) is 0 Å². The molecule has 3 nitrogen and oxygen atoms in total. The standard InChI is InChI=1S/C11H11BrN2O/c1-7(13)11-14-6-10(15-11)8-2-4-9(12)5-3-8/h2-7H,13H2,1H3. The predicted octanol–water partition coefficient (Wildman–Crippen LogP) is 3.12. The monoisotopic (exact) mass is 266 g/mol. The van der Waals surface area contributed by atoms with Crippen molar-refractivity contribution in [1.29, 1.82) is 0 Å². The van der Waals surface area contributed by atoms with Crippen LogP contribution in [0.2, 0.25) is 0 Å². The summed E-state index contributed by atoms with van der Waals surface area (Å²) in [4.78, 5) is 4.11. The first kappa shape index (κ1) is 10.4. The third-order valence-electron chi connectivity index (χ3n) is 2.04. The van der Waals surface area contributed by atoms with Gasteiger partial charge in [0.2, 0.25) is 5.89 Å². The van der Waals surface area contributed by atoms with Crippen molar-refractivity contribution in [3.8, 4) is 11.3 Å². The number of nitrogens with two attached hydrogens (primary N) is 1. The predicted molar refractivity (Wildman–Crippen MR) is 62.2 cm³/mol. The summed E-state index contributed by atoms with van der Waals surface area (Å²) in [6, 6.07) is 7.69. The lowest BCUT2D eigenvalue weighted by Gasteiger charge is -1.98. The van der Waals surface area contributed by atoms with Gasteiger partial charge in [0.05, 0.1) is 12.2 Å². The van der Waals surface area contributed by atoms with Crippen molar-refractivity contribution in [2.45, 2.75) is 13.0 Å². The van der Waals surface area contributed by atoms with E-state index in [0.717, 1.165) is 15.8 Å². The molecule has 2 aromatic rings. The first-order chi connectivity index (χ1) is 7.16. The van der Waals surface area contributed by atoms with Crippen LogP contribution in [0.4, 0.5) is 0 Å². The second-order valence-electron chi connectivity index (χ2n) is 3.36. The first-order valence-electron chi connectivity index (χ1n) is 4.64. The van der Waals surface area contributed by atoms with Crippen molar-refractivity contribution in [2.24, 2.45) is 5.73 Å². The van der Waals surface area contributed by atoms with E-state index in [-0.39, 0.29) is 6.04 Å². The van der Waals surface area contributed by atoms with Gasteiger partial charge < -0.3 is 10.2 Å². The van der Waals surface area contributed by atoms with Crippen molar-refractivity contribution in [2.75, 3.05) is 0 Å². The fourth-order valence-corrected chi connectivity index (χ4v) is 1.51. The maximum atomic E-state index is 5.67. The summed E-state index contributed by atoms with van der Waals surface area (Å²) >= 11 is 3.38. The lowest BCUT2D eigenvalue weighted by molar-refractivity contribution is 0.473. The highest BCUT2D eigenvalue weighted by Crippen LogP contribution is 2.23. The fraction of sp³-hybridized carbons (Fsp3) is 0.182. The molecule has 0 aliphatic rings. The Morgan fingerprint density at radius 3 is 2.53 bits per heavy atom. The van der Waals surface area contributed by atoms with Crippen LogP contribution in [0.25, 0.3) is 11.3 Å². The third kappa shape index (κ3) is 2.27. The van der Waals surface area contributed by atoms with Crippen LogP contribution in [0.1, 0.15) is 18.9 Å². The van der Waals surface area contributed by atoms with Gasteiger partial charge in [0.25, 0.3) is 0 Å². The van der Waals surface area contributed by atoms with Gasteiger partial charge >= 0.3 is 0 Å². The van der Waals surface area contributed by atoms with E-state index in [0.29, 0.717) is 5.89 Å². The number of benzene rings is 1. The van der Waals surface area contributed by atoms with Crippen LogP contribution in [-0.4, -0.2) is 4.98 Å². The highest BCUT2D eigenvalue weighted by atomic mass is 79.9. The molecule has 0 bridgehead atoms. The molecule has 0 saturated heterocycles. The van der Waals surface area contributed by atoms with Gasteiger partial charge in [0, 0.05) is 10.0 Å². The van der Waals surface area contributed by atoms with Crippen molar-refractivity contribution < 1.29 is 4.42 Å². The maximum absolute atomic E-state index is 5.67. The van der Waals surface area contributed by atoms with Gasteiger partial charge in [-0.05, 0) is 19.1 Å². The molecule has 15 heavy (non-hydrogen) atoms. The van der Waals surface area contributed by atoms with Crippen LogP contribution in [0.5, 0.6) is 0 Å². The van der Waals surface area contributed by atoms with E-state index in [2.05, 4.69) is 20.9 Å². The lowest BCUT2D eigenvalue weighted by Crippen LogP contribution is -2.04. The molecule has 0 radical (unpaired) electrons. The number of aromatic nitrogens is 1. The Labute approximate surface area is 96.4 Å². The minimum Gasteiger partial charge on any atom is -0.439 e. The summed E-state index contributed by atoms with van der Waals surface area (Å²) in [5.74, 6) is 1.31. The van der Waals surface area contributed by atoms with Gasteiger partial charge in [0.1, 0.15) is 0 Å². The van der Waals surface area contributed by atoms with Crippen LogP contribution in [0.15, 0.2) is 39.4 Å². The van der Waals surface area contributed by atoms with Crippen LogP contribution < -0.4 is 5.73 Å². The summed E-state index contributed by atoms with van der Waals surface area (Å²) in [7, 11) is 0. The number of hydrogen-bond acceptors (Lipinski definition) is 3. The van der Waals surface area contributed by atoms with E-state index in [1.165, 1.54) is 0 Å². The zero-order valence-electron chi connectivity index (χ0n) is 8.27. The Balaban J connectivity index is 2.33. The third-order valence-corrected chi connectivity index (χ3v) is 2.57. The van der Waals surface area contributed by atoms with E-state index in [4.69, 9.17) is 10.2 Å². The van der Waals surface area contributed by atoms with Gasteiger partial charge in [0.15, 0.2) is 5.76 Å². The minimum atomic E-state index is -0.172. The first-order valence-corrected chi connectivity index (χ1v) is 5.43. The molecule has 0 aliphatic heterocycles. The molecule has 4 heteroatoms. The van der Waals surface area contributed by atoms with Crippen molar-refractivity contribution in [1.82, 2.24) is 4.98 Å². The van der Waals surface area contributed by atoms with Crippen LogP contribution in [0.3, 0.4) is 0 Å². The number of rotatable bonds is 2. The normalized spacial score (nSPS) is 12.7. The van der Waals surface area contributed by atoms with Gasteiger partial charge in [-0.25, -0.2) is 4.98 Å². The van der Waals surface area contributed by atoms with Gasteiger partial charge in [-0.3, -0.25) is 0 Å². The second-order valence-corrected chi connectivity index (χ2v) is 4.27. The molecule has 0 spiro atoms. The van der Waals surface area contributed by atoms with Gasteiger partial charge in [-0.1, -0.05) is 28.1 Å². The molecule has 1 aromatic heterocycles. The molecular formula is C11H11BrN2O. The molecule has 0 saturated carbocycles. The highest BCUT2D eigenvalue weighted by molar-refractivity contribution is 9.10. The van der Waals surface area contributed by atoms with E-state index in [1.54, 1.807) is 6.20 Å². The summed E-state index contributed by atoms with van der Waals surface area (Å²) in [6.07, 6.45) is 1.70. The minimum absolute atomic E-state index is 0.172. The van der Waals surface area contributed by atoms with Crippen LogP contribution >= 0.6 is 15.9 Å². The van der Waals surface area contributed by atoms with Crippen molar-refractivity contribution >= 4 is 15.9 Å². The zero-order valence-corrected chi connectivity index (χ0v) is 9.86. The van der Waals surface area contributed by atoms with Gasteiger partial charge in [-0.15, -0.1) is 0 Å². The topological polar surface area (TPSA) is 52.0 Å². The largest absolute Gasteiger partial charge is 0.439 e. The van der Waals surface area contributed by atoms with E-state index in [9.17, 15) is 0 Å². The number of halogens is 1. The van der Waals surface area contributed by atoms with E-state index < -0.39 is 0 Å². The molecule has 1 heterocycles. The zero-order chi connectivity index (χ0) is 10.8. The average Bonchev–Trinajstić information content (AvgIpc) is 2.68.